The molecule has 1 rings (SSSR count). The van der Waals surface area contributed by atoms with E-state index in [4.69, 9.17) is 16.7 Å². The number of carboxylic acid groups (broad SMARTS) is 1. The largest absolute Gasteiger partial charge is 0.481 e. The number of rotatable bonds is 5. The Hall–Kier alpha value is -1.95. The van der Waals surface area contributed by atoms with Crippen LogP contribution in [0.3, 0.4) is 0 Å². The maximum atomic E-state index is 11.1. The van der Waals surface area contributed by atoms with Gasteiger partial charge in [0.1, 0.15) is 11.3 Å². The molecule has 6 nitrogen and oxygen atoms in total. The van der Waals surface area contributed by atoms with Crippen molar-refractivity contribution in [2.45, 2.75) is 12.8 Å². The van der Waals surface area contributed by atoms with E-state index < -0.39 is 22.7 Å². The predicted molar refractivity (Wildman–Crippen MR) is 63.7 cm³/mol. The van der Waals surface area contributed by atoms with Crippen LogP contribution in [0.5, 0.6) is 0 Å². The number of nitrogens with zero attached hydrogens (tertiary/aromatic N) is 1. The lowest BCUT2D eigenvalue weighted by Gasteiger charge is -2.15. The van der Waals surface area contributed by atoms with Crippen LogP contribution >= 0.6 is 11.6 Å². The number of benzene rings is 1. The summed E-state index contributed by atoms with van der Waals surface area (Å²) in [4.78, 5) is 31.8. The van der Waals surface area contributed by atoms with Crippen molar-refractivity contribution >= 4 is 29.5 Å². The summed E-state index contributed by atoms with van der Waals surface area (Å²) in [5, 5.41) is 19.7. The Kier molecular flexibility index (Phi) is 4.38. The highest BCUT2D eigenvalue weighted by Crippen LogP contribution is 2.31. The van der Waals surface area contributed by atoms with Crippen molar-refractivity contribution in [2.75, 3.05) is 0 Å². The monoisotopic (exact) mass is 271 g/mol. The average Bonchev–Trinajstić information content (AvgIpc) is 2.30. The van der Waals surface area contributed by atoms with Crippen LogP contribution in [0.2, 0.25) is 5.02 Å². The molecule has 2 atom stereocenters. The Bertz CT molecular complexity index is 502. The van der Waals surface area contributed by atoms with Crippen LogP contribution in [0.25, 0.3) is 0 Å². The molecule has 0 aliphatic heterocycles. The standard InChI is InChI=1S/C11H10ClNO5/c1-6(5-14)10(11(15)16)7-2-3-8(12)9(4-7)13(17)18/h2-6,10H,1H3,(H,15,16). The molecule has 1 aromatic carbocycles. The third kappa shape index (κ3) is 2.84. The van der Waals surface area contributed by atoms with Crippen molar-refractivity contribution in [1.82, 2.24) is 0 Å². The second kappa shape index (κ2) is 5.59. The Balaban J connectivity index is 3.30. The van der Waals surface area contributed by atoms with Crippen LogP contribution in [-0.4, -0.2) is 22.3 Å². The molecule has 1 N–H and O–H groups in total. The molecule has 0 aliphatic carbocycles. The van der Waals surface area contributed by atoms with Gasteiger partial charge in [0, 0.05) is 12.0 Å². The summed E-state index contributed by atoms with van der Waals surface area (Å²) >= 11 is 5.63. The molecule has 1 aromatic rings. The average molecular weight is 272 g/mol. The lowest BCUT2D eigenvalue weighted by atomic mass is 9.88. The molecule has 96 valence electrons. The Morgan fingerprint density at radius 2 is 2.17 bits per heavy atom. The fourth-order valence-electron chi connectivity index (χ4n) is 1.61. The van der Waals surface area contributed by atoms with Gasteiger partial charge in [-0.25, -0.2) is 0 Å². The van der Waals surface area contributed by atoms with E-state index in [0.29, 0.717) is 6.29 Å². The number of carboxylic acids is 1. The topological polar surface area (TPSA) is 97.5 Å². The van der Waals surface area contributed by atoms with Gasteiger partial charge in [-0.1, -0.05) is 24.6 Å². The molecule has 0 radical (unpaired) electrons. The van der Waals surface area contributed by atoms with E-state index in [9.17, 15) is 19.7 Å². The van der Waals surface area contributed by atoms with Crippen molar-refractivity contribution < 1.29 is 19.6 Å². The highest BCUT2D eigenvalue weighted by Gasteiger charge is 2.28. The SMILES string of the molecule is CC(C=O)C(C(=O)O)c1ccc(Cl)c([N+](=O)[O-])c1. The lowest BCUT2D eigenvalue weighted by molar-refractivity contribution is -0.384. The second-order valence-electron chi connectivity index (χ2n) is 3.78. The number of hydrogen-bond donors (Lipinski definition) is 1. The molecule has 0 amide bonds. The summed E-state index contributed by atoms with van der Waals surface area (Å²) in [6.07, 6.45) is 0.499. The molecule has 0 spiro atoms. The van der Waals surface area contributed by atoms with Gasteiger partial charge in [-0.05, 0) is 11.6 Å². The van der Waals surface area contributed by atoms with Gasteiger partial charge in [-0.3, -0.25) is 14.9 Å². The molecular formula is C11H10ClNO5. The van der Waals surface area contributed by atoms with Gasteiger partial charge in [0.05, 0.1) is 10.8 Å². The van der Waals surface area contributed by atoms with E-state index in [1.54, 1.807) is 0 Å². The van der Waals surface area contributed by atoms with Gasteiger partial charge >= 0.3 is 5.97 Å². The molecule has 0 bridgehead atoms. The first-order valence-corrected chi connectivity index (χ1v) is 5.38. The van der Waals surface area contributed by atoms with E-state index >= 15 is 0 Å². The Morgan fingerprint density at radius 1 is 1.56 bits per heavy atom. The number of carbonyl (C=O) groups is 2. The Morgan fingerprint density at radius 3 is 2.61 bits per heavy atom. The van der Waals surface area contributed by atoms with Gasteiger partial charge in [-0.15, -0.1) is 0 Å². The minimum absolute atomic E-state index is 0.0772. The normalized spacial score (nSPS) is 13.7. The van der Waals surface area contributed by atoms with Gasteiger partial charge < -0.3 is 9.90 Å². The first-order chi connectivity index (χ1) is 8.38. The zero-order valence-electron chi connectivity index (χ0n) is 9.37. The molecule has 18 heavy (non-hydrogen) atoms. The van der Waals surface area contributed by atoms with Gasteiger partial charge in [0.15, 0.2) is 0 Å². The number of aldehydes is 1. The number of halogens is 1. The lowest BCUT2D eigenvalue weighted by Crippen LogP contribution is -2.20. The van der Waals surface area contributed by atoms with Crippen molar-refractivity contribution in [2.24, 2.45) is 5.92 Å². The first kappa shape index (κ1) is 14.1. The zero-order chi connectivity index (χ0) is 13.9. The number of nitro groups is 1. The second-order valence-corrected chi connectivity index (χ2v) is 4.19. The minimum Gasteiger partial charge on any atom is -0.481 e. The molecule has 7 heteroatoms. The molecule has 0 aliphatic rings. The predicted octanol–water partition coefficient (Wildman–Crippen LogP) is 2.25. The van der Waals surface area contributed by atoms with E-state index in [1.165, 1.54) is 19.1 Å². The molecule has 2 unspecified atom stereocenters. The zero-order valence-corrected chi connectivity index (χ0v) is 10.1. The molecule has 0 aromatic heterocycles. The number of hydrogen-bond acceptors (Lipinski definition) is 4. The number of aliphatic carboxylic acids is 1. The highest BCUT2D eigenvalue weighted by atomic mass is 35.5. The molecule has 0 saturated heterocycles. The van der Waals surface area contributed by atoms with E-state index in [0.717, 1.165) is 6.07 Å². The maximum absolute atomic E-state index is 11.1. The summed E-state index contributed by atoms with van der Waals surface area (Å²) in [6.45, 7) is 1.44. The van der Waals surface area contributed by atoms with Crippen molar-refractivity contribution in [3.8, 4) is 0 Å². The third-order valence-electron chi connectivity index (χ3n) is 2.53. The van der Waals surface area contributed by atoms with Crippen molar-refractivity contribution in [3.63, 3.8) is 0 Å². The maximum Gasteiger partial charge on any atom is 0.311 e. The van der Waals surface area contributed by atoms with Crippen LogP contribution in [0.15, 0.2) is 18.2 Å². The van der Waals surface area contributed by atoms with Crippen LogP contribution in [0, 0.1) is 16.0 Å². The van der Waals surface area contributed by atoms with Crippen molar-refractivity contribution in [3.05, 3.63) is 38.9 Å². The summed E-state index contributed by atoms with van der Waals surface area (Å²) in [5.41, 5.74) is -0.197. The van der Waals surface area contributed by atoms with Gasteiger partial charge in [-0.2, -0.15) is 0 Å². The molecular weight excluding hydrogens is 262 g/mol. The van der Waals surface area contributed by atoms with Crippen LogP contribution in [-0.2, 0) is 9.59 Å². The van der Waals surface area contributed by atoms with Crippen LogP contribution in [0.1, 0.15) is 18.4 Å². The van der Waals surface area contributed by atoms with Gasteiger partial charge in [0.2, 0.25) is 0 Å². The number of carbonyl (C=O) groups excluding carboxylic acids is 1. The first-order valence-electron chi connectivity index (χ1n) is 5.00. The van der Waals surface area contributed by atoms with E-state index in [1.807, 2.05) is 0 Å². The summed E-state index contributed by atoms with van der Waals surface area (Å²) in [5.74, 6) is -3.13. The van der Waals surface area contributed by atoms with Gasteiger partial charge in [0.25, 0.3) is 5.69 Å². The summed E-state index contributed by atoms with van der Waals surface area (Å²) in [7, 11) is 0. The molecule has 0 fully saturated rings. The number of nitro benzene ring substituents is 1. The summed E-state index contributed by atoms with van der Waals surface area (Å²) < 4.78 is 0. The van der Waals surface area contributed by atoms with Crippen molar-refractivity contribution in [1.29, 1.82) is 0 Å². The molecule has 0 saturated carbocycles. The summed E-state index contributed by atoms with van der Waals surface area (Å²) in [6, 6.07) is 3.71. The van der Waals surface area contributed by atoms with Crippen LogP contribution < -0.4 is 0 Å². The molecule has 0 heterocycles. The van der Waals surface area contributed by atoms with E-state index in [2.05, 4.69) is 0 Å². The fourth-order valence-corrected chi connectivity index (χ4v) is 1.80. The highest BCUT2D eigenvalue weighted by molar-refractivity contribution is 6.32. The Labute approximate surface area is 107 Å². The van der Waals surface area contributed by atoms with E-state index in [-0.39, 0.29) is 16.3 Å². The quantitative estimate of drug-likeness (QED) is 0.503. The minimum atomic E-state index is -1.22. The fraction of sp³-hybridized carbons (Fsp3) is 0.273. The van der Waals surface area contributed by atoms with Crippen LogP contribution in [0.4, 0.5) is 5.69 Å². The smallest absolute Gasteiger partial charge is 0.311 e. The third-order valence-corrected chi connectivity index (χ3v) is 2.85.